The Morgan fingerprint density at radius 1 is 1.32 bits per heavy atom. The molecular weight excluding hydrogens is 349 g/mol. The van der Waals surface area contributed by atoms with Crippen LogP contribution in [-0.4, -0.2) is 41.7 Å². The molecule has 0 amide bonds. The molecule has 2 heterocycles. The summed E-state index contributed by atoms with van der Waals surface area (Å²) in [7, 11) is -2.53. The lowest BCUT2D eigenvalue weighted by Gasteiger charge is -2.10. The van der Waals surface area contributed by atoms with Crippen LogP contribution in [-0.2, 0) is 16.4 Å². The molecule has 0 radical (unpaired) electrons. The number of halogens is 1. The van der Waals surface area contributed by atoms with Gasteiger partial charge in [-0.1, -0.05) is 0 Å². The molecule has 0 saturated heterocycles. The third kappa shape index (κ3) is 3.91. The van der Waals surface area contributed by atoms with Gasteiger partial charge in [-0.2, -0.15) is 10.1 Å². The topological polar surface area (TPSA) is 98.5 Å². The van der Waals surface area contributed by atoms with E-state index in [0.29, 0.717) is 18.6 Å². The first-order chi connectivity index (χ1) is 12.0. The largest absolute Gasteiger partial charge is 0.495 e. The van der Waals surface area contributed by atoms with Crippen LogP contribution in [0.1, 0.15) is 12.0 Å². The molecule has 0 atom stereocenters. The van der Waals surface area contributed by atoms with E-state index >= 15 is 0 Å². The lowest BCUT2D eigenvalue weighted by molar-refractivity contribution is 0.400. The smallest absolute Gasteiger partial charge is 0.252 e. The van der Waals surface area contributed by atoms with Gasteiger partial charge in [0.15, 0.2) is 0 Å². The minimum atomic E-state index is -3.86. The standard InChI is InChI=1S/C15H16FN5O3S/c1-24-13-5-4-12(16)7-14(13)25(22,23)20-6-2-3-11-8-17-15-18-10-19-21(15)9-11/h4-5,7-10,20H,2-3,6H2,1H3. The summed E-state index contributed by atoms with van der Waals surface area (Å²) in [5, 5.41) is 4.00. The number of hydrogen-bond acceptors (Lipinski definition) is 6. The molecule has 2 aromatic heterocycles. The summed E-state index contributed by atoms with van der Waals surface area (Å²) in [5.41, 5.74) is 0.903. The van der Waals surface area contributed by atoms with Crippen LogP contribution in [0.15, 0.2) is 41.8 Å². The molecule has 3 aromatic rings. The second-order valence-electron chi connectivity index (χ2n) is 5.26. The molecule has 0 aliphatic heterocycles. The van der Waals surface area contributed by atoms with Crippen molar-refractivity contribution in [3.8, 4) is 5.75 Å². The number of hydrogen-bond donors (Lipinski definition) is 1. The summed E-state index contributed by atoms with van der Waals surface area (Å²) in [6, 6.07) is 3.36. The molecule has 0 saturated carbocycles. The van der Waals surface area contributed by atoms with Crippen molar-refractivity contribution in [3.63, 3.8) is 0 Å². The summed E-state index contributed by atoms with van der Waals surface area (Å²) in [6.45, 7) is 0.192. The zero-order valence-electron chi connectivity index (χ0n) is 13.4. The third-order valence-corrected chi connectivity index (χ3v) is 5.02. The van der Waals surface area contributed by atoms with Crippen LogP contribution in [0, 0.1) is 5.82 Å². The monoisotopic (exact) mass is 365 g/mol. The van der Waals surface area contributed by atoms with Crippen LogP contribution < -0.4 is 9.46 Å². The molecule has 0 unspecified atom stereocenters. The number of rotatable bonds is 7. The number of methoxy groups -OCH3 is 1. The SMILES string of the molecule is COc1ccc(F)cc1S(=O)(=O)NCCCc1cnc2ncnn2c1. The lowest BCUT2D eigenvalue weighted by Crippen LogP contribution is -2.25. The fourth-order valence-electron chi connectivity index (χ4n) is 2.32. The number of aromatic nitrogens is 4. The van der Waals surface area contributed by atoms with E-state index in [1.54, 1.807) is 16.9 Å². The summed E-state index contributed by atoms with van der Waals surface area (Å²) < 4.78 is 47.0. The van der Waals surface area contributed by atoms with Crippen molar-refractivity contribution in [2.24, 2.45) is 0 Å². The number of aryl methyl sites for hydroxylation is 1. The van der Waals surface area contributed by atoms with Gasteiger partial charge in [-0.05, 0) is 36.6 Å². The highest BCUT2D eigenvalue weighted by atomic mass is 32.2. The van der Waals surface area contributed by atoms with E-state index in [1.165, 1.54) is 19.5 Å². The van der Waals surface area contributed by atoms with Gasteiger partial charge in [0.05, 0.1) is 7.11 Å². The Labute approximate surface area is 143 Å². The second-order valence-corrected chi connectivity index (χ2v) is 7.00. The number of ether oxygens (including phenoxy) is 1. The van der Waals surface area contributed by atoms with Crippen molar-refractivity contribution in [1.29, 1.82) is 0 Å². The van der Waals surface area contributed by atoms with E-state index in [4.69, 9.17) is 4.74 Å². The Morgan fingerprint density at radius 3 is 2.96 bits per heavy atom. The zero-order chi connectivity index (χ0) is 17.9. The summed E-state index contributed by atoms with van der Waals surface area (Å²) in [6.07, 6.45) is 6.02. The van der Waals surface area contributed by atoms with E-state index in [-0.39, 0.29) is 17.2 Å². The quantitative estimate of drug-likeness (QED) is 0.632. The maximum absolute atomic E-state index is 13.4. The number of sulfonamides is 1. The van der Waals surface area contributed by atoms with Crippen molar-refractivity contribution >= 4 is 15.8 Å². The average molecular weight is 365 g/mol. The summed E-state index contributed by atoms with van der Waals surface area (Å²) in [5.74, 6) is -0.0502. The van der Waals surface area contributed by atoms with Crippen LogP contribution in [0.5, 0.6) is 5.75 Å². The molecule has 1 aromatic carbocycles. The van der Waals surface area contributed by atoms with Gasteiger partial charge in [0.25, 0.3) is 5.78 Å². The van der Waals surface area contributed by atoms with E-state index in [1.807, 2.05) is 0 Å². The molecule has 1 N–H and O–H groups in total. The van der Waals surface area contributed by atoms with E-state index in [0.717, 1.165) is 17.7 Å². The fraction of sp³-hybridized carbons (Fsp3) is 0.267. The molecular formula is C15H16FN5O3S. The molecule has 132 valence electrons. The van der Waals surface area contributed by atoms with Crippen LogP contribution in [0.2, 0.25) is 0 Å². The van der Waals surface area contributed by atoms with Gasteiger partial charge in [-0.15, -0.1) is 0 Å². The highest BCUT2D eigenvalue weighted by molar-refractivity contribution is 7.89. The number of nitrogens with zero attached hydrogens (tertiary/aromatic N) is 4. The van der Waals surface area contributed by atoms with Gasteiger partial charge in [0.1, 0.15) is 22.8 Å². The normalized spacial score (nSPS) is 11.8. The molecule has 0 fully saturated rings. The van der Waals surface area contributed by atoms with E-state index < -0.39 is 15.8 Å². The molecule has 10 heteroatoms. The third-order valence-electron chi connectivity index (χ3n) is 3.54. The van der Waals surface area contributed by atoms with Gasteiger partial charge in [-0.3, -0.25) is 0 Å². The molecule has 25 heavy (non-hydrogen) atoms. The molecule has 0 bridgehead atoms. The Bertz CT molecular complexity index is 990. The van der Waals surface area contributed by atoms with E-state index in [2.05, 4.69) is 19.8 Å². The Kier molecular flexibility index (Phi) is 4.91. The fourth-order valence-corrected chi connectivity index (χ4v) is 3.58. The molecule has 0 spiro atoms. The lowest BCUT2D eigenvalue weighted by atomic mass is 10.2. The van der Waals surface area contributed by atoms with Gasteiger partial charge in [0, 0.05) is 18.9 Å². The maximum Gasteiger partial charge on any atom is 0.252 e. The first-order valence-corrected chi connectivity index (χ1v) is 8.95. The first-order valence-electron chi connectivity index (χ1n) is 7.47. The highest BCUT2D eigenvalue weighted by Gasteiger charge is 2.19. The van der Waals surface area contributed by atoms with Gasteiger partial charge < -0.3 is 4.74 Å². The minimum absolute atomic E-state index is 0.0923. The van der Waals surface area contributed by atoms with Gasteiger partial charge in [-0.25, -0.2) is 27.0 Å². The maximum atomic E-state index is 13.4. The number of benzene rings is 1. The zero-order valence-corrected chi connectivity index (χ0v) is 14.2. The van der Waals surface area contributed by atoms with E-state index in [9.17, 15) is 12.8 Å². The number of fused-ring (bicyclic) bond motifs is 1. The summed E-state index contributed by atoms with van der Waals surface area (Å²) >= 11 is 0. The highest BCUT2D eigenvalue weighted by Crippen LogP contribution is 2.24. The van der Waals surface area contributed by atoms with Crippen LogP contribution in [0.25, 0.3) is 5.78 Å². The number of nitrogens with one attached hydrogen (secondary N) is 1. The molecule has 0 aliphatic rings. The Morgan fingerprint density at radius 2 is 2.16 bits per heavy atom. The second kappa shape index (κ2) is 7.11. The summed E-state index contributed by atoms with van der Waals surface area (Å²) in [4.78, 5) is 7.87. The first kappa shape index (κ1) is 17.2. The Balaban J connectivity index is 1.61. The van der Waals surface area contributed by atoms with Crippen molar-refractivity contribution in [1.82, 2.24) is 24.3 Å². The van der Waals surface area contributed by atoms with Gasteiger partial charge >= 0.3 is 0 Å². The minimum Gasteiger partial charge on any atom is -0.495 e. The van der Waals surface area contributed by atoms with Crippen LogP contribution in [0.4, 0.5) is 4.39 Å². The van der Waals surface area contributed by atoms with Crippen LogP contribution in [0.3, 0.4) is 0 Å². The van der Waals surface area contributed by atoms with Gasteiger partial charge in [0.2, 0.25) is 10.0 Å². The average Bonchev–Trinajstić information content (AvgIpc) is 3.06. The molecule has 8 nitrogen and oxygen atoms in total. The van der Waals surface area contributed by atoms with Crippen molar-refractivity contribution < 1.29 is 17.5 Å². The predicted molar refractivity (Wildman–Crippen MR) is 87.2 cm³/mol. The predicted octanol–water partition coefficient (Wildman–Crippen LogP) is 1.18. The Hall–Kier alpha value is -2.59. The van der Waals surface area contributed by atoms with Crippen molar-refractivity contribution in [2.75, 3.05) is 13.7 Å². The van der Waals surface area contributed by atoms with Crippen molar-refractivity contribution in [2.45, 2.75) is 17.7 Å². The molecule has 0 aliphatic carbocycles. The van der Waals surface area contributed by atoms with Crippen molar-refractivity contribution in [3.05, 3.63) is 48.3 Å². The molecule has 3 rings (SSSR count). The van der Waals surface area contributed by atoms with Crippen LogP contribution >= 0.6 is 0 Å².